The monoisotopic (exact) mass is 302 g/mol. The van der Waals surface area contributed by atoms with Crippen LogP contribution in [0.5, 0.6) is 0 Å². The average Bonchev–Trinajstić information content (AvgIpc) is 2.69. The van der Waals surface area contributed by atoms with E-state index >= 15 is 0 Å². The number of hydrogen-bond acceptors (Lipinski definition) is 4. The molecule has 0 aromatic carbocycles. The molecule has 2 saturated heterocycles. The highest BCUT2D eigenvalue weighted by molar-refractivity contribution is 6.74. The van der Waals surface area contributed by atoms with Gasteiger partial charge in [0.05, 0.1) is 12.7 Å². The van der Waals surface area contributed by atoms with Gasteiger partial charge in [-0.2, -0.15) is 0 Å². The minimum Gasteiger partial charge on any atom is -0.411 e. The third-order valence-electron chi connectivity index (χ3n) is 4.75. The fraction of sp³-hybridized carbons (Fsp3) is 1.00. The zero-order valence-corrected chi connectivity index (χ0v) is 15.1. The molecule has 0 unspecified atom stereocenters. The molecular weight excluding hydrogens is 272 g/mol. The lowest BCUT2D eigenvalue weighted by atomic mass is 10.1. The van der Waals surface area contributed by atoms with E-state index in [2.05, 4.69) is 40.8 Å². The van der Waals surface area contributed by atoms with Gasteiger partial charge in [0.2, 0.25) is 0 Å². The van der Waals surface area contributed by atoms with Crippen molar-refractivity contribution in [2.24, 2.45) is 0 Å². The van der Waals surface area contributed by atoms with Crippen LogP contribution in [0.15, 0.2) is 0 Å². The van der Waals surface area contributed by atoms with Gasteiger partial charge in [-0.15, -0.1) is 0 Å². The van der Waals surface area contributed by atoms with Crippen LogP contribution in [0, 0.1) is 0 Å². The summed E-state index contributed by atoms with van der Waals surface area (Å²) in [5.74, 6) is -0.506. The highest BCUT2D eigenvalue weighted by atomic mass is 28.4. The van der Waals surface area contributed by atoms with E-state index < -0.39 is 14.1 Å². The Hall–Kier alpha value is 0.0569. The molecule has 4 nitrogen and oxygen atoms in total. The number of fused-ring (bicyclic) bond motifs is 1. The summed E-state index contributed by atoms with van der Waals surface area (Å²) in [7, 11) is -1.79. The molecular formula is C15H30O4Si. The Bertz CT molecular complexity index is 361. The number of rotatable bonds is 3. The van der Waals surface area contributed by atoms with E-state index in [1.807, 2.05) is 13.8 Å². The maximum atomic E-state index is 6.44. The van der Waals surface area contributed by atoms with Gasteiger partial charge in [0.1, 0.15) is 18.3 Å². The van der Waals surface area contributed by atoms with Gasteiger partial charge in [-0.3, -0.25) is 0 Å². The quantitative estimate of drug-likeness (QED) is 0.750. The maximum Gasteiger partial charge on any atom is 0.192 e. The Kier molecular flexibility index (Phi) is 4.15. The Morgan fingerprint density at radius 3 is 2.35 bits per heavy atom. The van der Waals surface area contributed by atoms with E-state index in [9.17, 15) is 0 Å². The highest BCUT2D eigenvalue weighted by Gasteiger charge is 2.53. The van der Waals surface area contributed by atoms with Crippen molar-refractivity contribution < 1.29 is 18.6 Å². The zero-order valence-electron chi connectivity index (χ0n) is 14.1. The molecule has 0 N–H and O–H groups in total. The van der Waals surface area contributed by atoms with Gasteiger partial charge >= 0.3 is 0 Å². The van der Waals surface area contributed by atoms with Gasteiger partial charge in [0.25, 0.3) is 0 Å². The van der Waals surface area contributed by atoms with Crippen LogP contribution in [0.4, 0.5) is 0 Å². The van der Waals surface area contributed by atoms with E-state index in [1.54, 1.807) is 0 Å². The summed E-state index contributed by atoms with van der Waals surface area (Å²) in [5.41, 5.74) is 0. The van der Waals surface area contributed by atoms with Crippen LogP contribution < -0.4 is 0 Å². The van der Waals surface area contributed by atoms with Crippen molar-refractivity contribution in [1.82, 2.24) is 0 Å². The Morgan fingerprint density at radius 1 is 1.20 bits per heavy atom. The summed E-state index contributed by atoms with van der Waals surface area (Å²) in [6.45, 7) is 17.9. The smallest absolute Gasteiger partial charge is 0.192 e. The van der Waals surface area contributed by atoms with Gasteiger partial charge < -0.3 is 18.6 Å². The van der Waals surface area contributed by atoms with Crippen molar-refractivity contribution in [3.8, 4) is 0 Å². The van der Waals surface area contributed by atoms with Crippen molar-refractivity contribution in [3.63, 3.8) is 0 Å². The molecule has 2 heterocycles. The topological polar surface area (TPSA) is 36.9 Å². The van der Waals surface area contributed by atoms with Gasteiger partial charge in [0, 0.05) is 0 Å². The van der Waals surface area contributed by atoms with Crippen LogP contribution in [0.3, 0.4) is 0 Å². The molecule has 20 heavy (non-hydrogen) atoms. The molecule has 2 aliphatic rings. The van der Waals surface area contributed by atoms with E-state index in [0.29, 0.717) is 6.61 Å². The molecule has 0 aromatic heterocycles. The largest absolute Gasteiger partial charge is 0.411 e. The second-order valence-corrected chi connectivity index (χ2v) is 12.8. The lowest BCUT2D eigenvalue weighted by Gasteiger charge is -2.40. The third-order valence-corrected chi connectivity index (χ3v) is 9.32. The van der Waals surface area contributed by atoms with Crippen LogP contribution in [-0.4, -0.2) is 45.1 Å². The van der Waals surface area contributed by atoms with Crippen LogP contribution in [0.1, 0.15) is 41.5 Å². The first-order valence-corrected chi connectivity index (χ1v) is 10.5. The maximum absolute atomic E-state index is 6.44. The summed E-state index contributed by atoms with van der Waals surface area (Å²) >= 11 is 0. The molecule has 0 aromatic rings. The highest BCUT2D eigenvalue weighted by Crippen LogP contribution is 2.41. The fourth-order valence-electron chi connectivity index (χ4n) is 2.68. The van der Waals surface area contributed by atoms with Crippen LogP contribution >= 0.6 is 0 Å². The van der Waals surface area contributed by atoms with Gasteiger partial charge in [-0.1, -0.05) is 20.8 Å². The Labute approximate surface area is 124 Å². The first kappa shape index (κ1) is 16.4. The minimum atomic E-state index is -1.79. The second kappa shape index (κ2) is 5.06. The van der Waals surface area contributed by atoms with E-state index in [4.69, 9.17) is 18.6 Å². The third kappa shape index (κ3) is 3.12. The average molecular weight is 302 g/mol. The number of hydrogen-bond donors (Lipinski definition) is 0. The van der Waals surface area contributed by atoms with Gasteiger partial charge in [0.15, 0.2) is 14.1 Å². The molecule has 0 bridgehead atoms. The SMILES string of the molecule is C[C@@H](O[Si](C)(C)C(C)(C)C)[C@H]1OC[C@@H]2OC(C)(C)O[C@H]12. The molecule has 0 saturated carbocycles. The fourth-order valence-corrected chi connectivity index (χ4v) is 4.10. The first-order chi connectivity index (χ1) is 8.93. The second-order valence-electron chi connectivity index (χ2n) is 8.02. The minimum absolute atomic E-state index is 0.00947. The van der Waals surface area contributed by atoms with Crippen LogP contribution in [0.25, 0.3) is 0 Å². The molecule has 5 heteroatoms. The van der Waals surface area contributed by atoms with Crippen molar-refractivity contribution >= 4 is 8.32 Å². The standard InChI is InChI=1S/C15H30O4Si/c1-10(19-20(7,8)14(2,3)4)12-13-11(9-16-12)17-15(5,6)18-13/h10-13H,9H2,1-8H3/t10-,11+,12-,13+/m1/s1. The molecule has 118 valence electrons. The van der Waals surface area contributed by atoms with E-state index in [0.717, 1.165) is 0 Å². The lowest BCUT2D eigenvalue weighted by molar-refractivity contribution is -0.182. The molecule has 0 amide bonds. The van der Waals surface area contributed by atoms with Gasteiger partial charge in [-0.25, -0.2) is 0 Å². The normalized spacial score (nSPS) is 35.1. The van der Waals surface area contributed by atoms with E-state index in [1.165, 1.54) is 0 Å². The van der Waals surface area contributed by atoms with Crippen molar-refractivity contribution in [2.45, 2.75) is 89.9 Å². The van der Waals surface area contributed by atoms with Crippen molar-refractivity contribution in [1.29, 1.82) is 0 Å². The van der Waals surface area contributed by atoms with Gasteiger partial charge in [-0.05, 0) is 38.9 Å². The predicted octanol–water partition coefficient (Wildman–Crippen LogP) is 3.32. The molecule has 0 radical (unpaired) electrons. The molecule has 0 spiro atoms. The molecule has 4 atom stereocenters. The first-order valence-electron chi connectivity index (χ1n) is 7.58. The van der Waals surface area contributed by atoms with Crippen LogP contribution in [-0.2, 0) is 18.6 Å². The summed E-state index contributed by atoms with van der Waals surface area (Å²) < 4.78 is 24.2. The molecule has 2 aliphatic heterocycles. The van der Waals surface area contributed by atoms with Crippen LogP contribution in [0.2, 0.25) is 18.1 Å². The predicted molar refractivity (Wildman–Crippen MR) is 81.3 cm³/mol. The zero-order chi connectivity index (χ0) is 15.3. The van der Waals surface area contributed by atoms with E-state index in [-0.39, 0.29) is 29.5 Å². The lowest BCUT2D eigenvalue weighted by Crippen LogP contribution is -2.48. The molecule has 2 rings (SSSR count). The Balaban J connectivity index is 2.02. The molecule has 2 fully saturated rings. The summed E-state index contributed by atoms with van der Waals surface area (Å²) in [6.07, 6.45) is 0.0320. The van der Waals surface area contributed by atoms with Crippen molar-refractivity contribution in [2.75, 3.05) is 6.61 Å². The summed E-state index contributed by atoms with van der Waals surface area (Å²) in [4.78, 5) is 0. The summed E-state index contributed by atoms with van der Waals surface area (Å²) in [6, 6.07) is 0. The number of ether oxygens (including phenoxy) is 3. The Morgan fingerprint density at radius 2 is 1.80 bits per heavy atom. The summed E-state index contributed by atoms with van der Waals surface area (Å²) in [5, 5.41) is 0.200. The molecule has 0 aliphatic carbocycles. The van der Waals surface area contributed by atoms with Crippen molar-refractivity contribution in [3.05, 3.63) is 0 Å².